The van der Waals surface area contributed by atoms with E-state index >= 15 is 0 Å². The summed E-state index contributed by atoms with van der Waals surface area (Å²) in [6, 6.07) is 12.4. The van der Waals surface area contributed by atoms with Gasteiger partial charge in [0.15, 0.2) is 0 Å². The Hall–Kier alpha value is -0.790. The maximum Gasteiger partial charge on any atom is 0.0843 e. The van der Waals surface area contributed by atoms with Crippen LogP contribution >= 0.6 is 43.2 Å². The average molecular weight is 427 g/mol. The van der Waals surface area contributed by atoms with Gasteiger partial charge in [-0.3, -0.25) is 16.3 Å². The van der Waals surface area contributed by atoms with Crippen LogP contribution in [-0.2, 0) is 6.42 Å². The van der Waals surface area contributed by atoms with Gasteiger partial charge >= 0.3 is 0 Å². The van der Waals surface area contributed by atoms with Gasteiger partial charge in [-0.1, -0.05) is 18.2 Å². The summed E-state index contributed by atoms with van der Waals surface area (Å²) in [5.74, 6) is 5.77. The third kappa shape index (κ3) is 3.19. The average Bonchev–Trinajstić information content (AvgIpc) is 2.84. The molecule has 3 nitrogen and oxygen atoms in total. The van der Waals surface area contributed by atoms with Gasteiger partial charge in [-0.15, -0.1) is 11.3 Å². The molecule has 0 fully saturated rings. The number of thiophene rings is 1. The van der Waals surface area contributed by atoms with Crippen molar-refractivity contribution in [2.24, 2.45) is 5.84 Å². The van der Waals surface area contributed by atoms with E-state index in [-0.39, 0.29) is 6.04 Å². The first-order valence-electron chi connectivity index (χ1n) is 6.42. The van der Waals surface area contributed by atoms with E-state index in [9.17, 15) is 0 Å². The van der Waals surface area contributed by atoms with Crippen molar-refractivity contribution in [3.8, 4) is 0 Å². The largest absolute Gasteiger partial charge is 0.271 e. The predicted molar refractivity (Wildman–Crippen MR) is 95.2 cm³/mol. The summed E-state index contributed by atoms with van der Waals surface area (Å²) in [5, 5.41) is 1.18. The Labute approximate surface area is 143 Å². The zero-order valence-corrected chi connectivity index (χ0v) is 15.0. The van der Waals surface area contributed by atoms with E-state index < -0.39 is 0 Å². The van der Waals surface area contributed by atoms with Crippen LogP contribution < -0.4 is 11.3 Å². The summed E-state index contributed by atoms with van der Waals surface area (Å²) in [6.07, 6.45) is 2.67. The Balaban J connectivity index is 1.96. The van der Waals surface area contributed by atoms with E-state index in [2.05, 4.69) is 60.5 Å². The highest BCUT2D eigenvalue weighted by Gasteiger charge is 2.16. The van der Waals surface area contributed by atoms with Gasteiger partial charge in [0.05, 0.1) is 15.3 Å². The van der Waals surface area contributed by atoms with Crippen LogP contribution in [-0.4, -0.2) is 4.98 Å². The predicted octanol–water partition coefficient (Wildman–Crippen LogP) is 4.57. The highest BCUT2D eigenvalue weighted by molar-refractivity contribution is 9.13. The summed E-state index contributed by atoms with van der Waals surface area (Å²) in [6.45, 7) is 0. The maximum absolute atomic E-state index is 5.77. The van der Waals surface area contributed by atoms with E-state index in [0.717, 1.165) is 20.2 Å². The molecule has 0 saturated heterocycles. The normalized spacial score (nSPS) is 12.7. The van der Waals surface area contributed by atoms with E-state index in [1.54, 1.807) is 11.3 Å². The fraction of sp³-hybridized carbons (Fsp3) is 0.133. The molecule has 6 heteroatoms. The van der Waals surface area contributed by atoms with E-state index in [1.807, 2.05) is 24.4 Å². The lowest BCUT2D eigenvalue weighted by atomic mass is 10.0. The Bertz CT molecular complexity index is 748. The third-order valence-corrected chi connectivity index (χ3v) is 6.74. The molecule has 3 aromatic rings. The molecule has 0 amide bonds. The molecule has 21 heavy (non-hydrogen) atoms. The van der Waals surface area contributed by atoms with Gasteiger partial charge in [0, 0.05) is 20.9 Å². The van der Waals surface area contributed by atoms with Crippen LogP contribution in [0.4, 0.5) is 0 Å². The lowest BCUT2D eigenvalue weighted by molar-refractivity contribution is 0.562. The number of hydrogen-bond donors (Lipinski definition) is 2. The van der Waals surface area contributed by atoms with Gasteiger partial charge in [-0.25, -0.2) is 0 Å². The van der Waals surface area contributed by atoms with Crippen LogP contribution in [0.15, 0.2) is 50.9 Å². The summed E-state index contributed by atoms with van der Waals surface area (Å²) in [4.78, 5) is 5.59. The third-order valence-electron chi connectivity index (χ3n) is 3.37. The number of para-hydroxylation sites is 1. The molecular formula is C15H13Br2N3S. The van der Waals surface area contributed by atoms with Crippen molar-refractivity contribution in [1.29, 1.82) is 0 Å². The molecule has 0 aliphatic carbocycles. The number of rotatable bonds is 4. The topological polar surface area (TPSA) is 50.9 Å². The molecular weight excluding hydrogens is 414 g/mol. The summed E-state index contributed by atoms with van der Waals surface area (Å²) >= 11 is 8.74. The first-order valence-corrected chi connectivity index (χ1v) is 8.83. The number of pyridine rings is 1. The molecule has 0 aliphatic rings. The van der Waals surface area contributed by atoms with Crippen LogP contribution in [0.1, 0.15) is 16.5 Å². The zero-order chi connectivity index (χ0) is 14.8. The lowest BCUT2D eigenvalue weighted by Gasteiger charge is -2.15. The number of hydrazine groups is 1. The van der Waals surface area contributed by atoms with E-state index in [0.29, 0.717) is 0 Å². The highest BCUT2D eigenvalue weighted by atomic mass is 79.9. The number of aromatic nitrogens is 1. The molecule has 1 aromatic carbocycles. The molecule has 0 saturated carbocycles. The van der Waals surface area contributed by atoms with Gasteiger partial charge in [0.25, 0.3) is 0 Å². The maximum atomic E-state index is 5.77. The molecule has 3 N–H and O–H groups in total. The highest BCUT2D eigenvalue weighted by Crippen LogP contribution is 2.36. The van der Waals surface area contributed by atoms with Crippen molar-refractivity contribution in [1.82, 2.24) is 10.4 Å². The van der Waals surface area contributed by atoms with Gasteiger partial charge in [-0.05, 0) is 62.0 Å². The summed E-state index contributed by atoms with van der Waals surface area (Å²) in [7, 11) is 0. The number of halogens is 2. The molecule has 0 spiro atoms. The standard InChI is InChI=1S/C15H13Br2N3S/c16-11-8-14(21-15(11)17)13(20-18)7-9-5-6-19-12-4-2-1-3-10(9)12/h1-6,8,13,20H,7,18H2. The van der Waals surface area contributed by atoms with Crippen molar-refractivity contribution >= 4 is 54.1 Å². The smallest absolute Gasteiger partial charge is 0.0843 e. The van der Waals surface area contributed by atoms with Crippen molar-refractivity contribution < 1.29 is 0 Å². The van der Waals surface area contributed by atoms with Gasteiger partial charge < -0.3 is 0 Å². The molecule has 0 aliphatic heterocycles. The minimum Gasteiger partial charge on any atom is -0.271 e. The zero-order valence-electron chi connectivity index (χ0n) is 11.0. The fourth-order valence-electron chi connectivity index (χ4n) is 2.33. The van der Waals surface area contributed by atoms with Crippen molar-refractivity contribution in [3.05, 3.63) is 61.3 Å². The van der Waals surface area contributed by atoms with Gasteiger partial charge in [-0.2, -0.15) is 0 Å². The van der Waals surface area contributed by atoms with Crippen LogP contribution in [0, 0.1) is 0 Å². The van der Waals surface area contributed by atoms with E-state index in [1.165, 1.54) is 15.8 Å². The Morgan fingerprint density at radius 3 is 2.76 bits per heavy atom. The Morgan fingerprint density at radius 2 is 2.05 bits per heavy atom. The molecule has 3 rings (SSSR count). The second kappa shape index (κ2) is 6.54. The quantitative estimate of drug-likeness (QED) is 0.474. The van der Waals surface area contributed by atoms with Gasteiger partial charge in [0.1, 0.15) is 0 Å². The van der Waals surface area contributed by atoms with Crippen molar-refractivity contribution in [2.45, 2.75) is 12.5 Å². The number of nitrogens with one attached hydrogen (secondary N) is 1. The van der Waals surface area contributed by atoms with Gasteiger partial charge in [0.2, 0.25) is 0 Å². The second-order valence-corrected chi connectivity index (χ2v) is 7.94. The Morgan fingerprint density at radius 1 is 1.24 bits per heavy atom. The van der Waals surface area contributed by atoms with Crippen molar-refractivity contribution in [2.75, 3.05) is 0 Å². The molecule has 108 valence electrons. The van der Waals surface area contributed by atoms with E-state index in [4.69, 9.17) is 5.84 Å². The first-order chi connectivity index (χ1) is 10.2. The Kier molecular flexibility index (Phi) is 4.71. The minimum absolute atomic E-state index is 0.0726. The molecule has 2 aromatic heterocycles. The lowest BCUT2D eigenvalue weighted by Crippen LogP contribution is -2.29. The minimum atomic E-state index is 0.0726. The second-order valence-electron chi connectivity index (χ2n) is 4.68. The van der Waals surface area contributed by atoms with Crippen LogP contribution in [0.25, 0.3) is 10.9 Å². The number of nitrogens with zero attached hydrogens (tertiary/aromatic N) is 1. The number of fused-ring (bicyclic) bond motifs is 1. The first kappa shape index (κ1) is 15.1. The van der Waals surface area contributed by atoms with Crippen LogP contribution in [0.2, 0.25) is 0 Å². The van der Waals surface area contributed by atoms with Crippen LogP contribution in [0.3, 0.4) is 0 Å². The molecule has 1 atom stereocenters. The van der Waals surface area contributed by atoms with Crippen LogP contribution in [0.5, 0.6) is 0 Å². The molecule has 0 bridgehead atoms. The molecule has 1 unspecified atom stereocenters. The molecule has 0 radical (unpaired) electrons. The number of nitrogens with two attached hydrogens (primary N) is 1. The summed E-state index contributed by atoms with van der Waals surface area (Å²) < 4.78 is 2.14. The SMILES string of the molecule is NNC(Cc1ccnc2ccccc12)c1cc(Br)c(Br)s1. The fourth-order valence-corrected chi connectivity index (χ4v) is 4.48. The number of hydrogen-bond acceptors (Lipinski definition) is 4. The van der Waals surface area contributed by atoms with Crippen molar-refractivity contribution in [3.63, 3.8) is 0 Å². The monoisotopic (exact) mass is 425 g/mol. The summed E-state index contributed by atoms with van der Waals surface area (Å²) in [5.41, 5.74) is 5.17. The number of benzene rings is 1. The molecule has 2 heterocycles.